The lowest BCUT2D eigenvalue weighted by Gasteiger charge is -2.38. The number of carbonyl (C=O) groups is 1. The molecule has 0 radical (unpaired) electrons. The van der Waals surface area contributed by atoms with Crippen molar-refractivity contribution in [3.63, 3.8) is 0 Å². The summed E-state index contributed by atoms with van der Waals surface area (Å²) in [7, 11) is 0. The molecule has 4 heteroatoms. The fourth-order valence-electron chi connectivity index (χ4n) is 4.12. The fraction of sp³-hybridized carbons (Fsp3) is 0.588. The highest BCUT2D eigenvalue weighted by molar-refractivity contribution is 6.30. The van der Waals surface area contributed by atoms with Crippen molar-refractivity contribution in [2.45, 2.75) is 46.1 Å². The van der Waals surface area contributed by atoms with E-state index in [9.17, 15) is 4.79 Å². The molecule has 114 valence electrons. The van der Waals surface area contributed by atoms with Gasteiger partial charge in [0, 0.05) is 16.1 Å². The second-order valence-corrected chi connectivity index (χ2v) is 7.57. The molecule has 21 heavy (non-hydrogen) atoms. The molecule has 1 aromatic rings. The van der Waals surface area contributed by atoms with Gasteiger partial charge in [-0.15, -0.1) is 0 Å². The number of ether oxygens (including phenoxy) is 1. The Labute approximate surface area is 131 Å². The Bertz CT molecular complexity index is 554. The van der Waals surface area contributed by atoms with Crippen LogP contribution in [0.25, 0.3) is 0 Å². The summed E-state index contributed by atoms with van der Waals surface area (Å²) in [6.45, 7) is 6.89. The second-order valence-electron chi connectivity index (χ2n) is 7.14. The van der Waals surface area contributed by atoms with Gasteiger partial charge in [-0.1, -0.05) is 32.4 Å². The second kappa shape index (κ2) is 4.91. The van der Waals surface area contributed by atoms with Crippen LogP contribution in [0.15, 0.2) is 24.3 Å². The predicted molar refractivity (Wildman–Crippen MR) is 84.6 cm³/mol. The number of anilines is 1. The summed E-state index contributed by atoms with van der Waals surface area (Å²) in [5.74, 6) is 0.663. The van der Waals surface area contributed by atoms with E-state index in [1.807, 2.05) is 0 Å². The van der Waals surface area contributed by atoms with Gasteiger partial charge in [-0.25, -0.2) is 4.79 Å². The van der Waals surface area contributed by atoms with E-state index in [2.05, 4.69) is 26.1 Å². The molecule has 1 N–H and O–H groups in total. The lowest BCUT2D eigenvalue weighted by Crippen LogP contribution is -2.39. The molecule has 2 fully saturated rings. The third kappa shape index (κ3) is 2.32. The Balaban J connectivity index is 1.65. The maximum atomic E-state index is 12.1. The zero-order valence-electron chi connectivity index (χ0n) is 12.8. The Morgan fingerprint density at radius 2 is 1.95 bits per heavy atom. The quantitative estimate of drug-likeness (QED) is 0.825. The van der Waals surface area contributed by atoms with Crippen LogP contribution in [0.5, 0.6) is 0 Å². The summed E-state index contributed by atoms with van der Waals surface area (Å²) in [5.41, 5.74) is 1.05. The lowest BCUT2D eigenvalue weighted by atomic mass is 9.70. The average molecular weight is 308 g/mol. The van der Waals surface area contributed by atoms with Gasteiger partial charge >= 0.3 is 6.09 Å². The van der Waals surface area contributed by atoms with Crippen LogP contribution >= 0.6 is 11.6 Å². The zero-order chi connectivity index (χ0) is 15.3. The predicted octanol–water partition coefficient (Wildman–Crippen LogP) is 5.10. The van der Waals surface area contributed by atoms with Gasteiger partial charge in [-0.2, -0.15) is 0 Å². The summed E-state index contributed by atoms with van der Waals surface area (Å²) >= 11 is 5.83. The van der Waals surface area contributed by atoms with Gasteiger partial charge in [0.05, 0.1) is 0 Å². The number of hydrogen-bond donors (Lipinski definition) is 1. The van der Waals surface area contributed by atoms with E-state index < -0.39 is 0 Å². The standard InChI is InChI=1S/C17H22ClNO2/c1-16(2)11-8-9-17(16,3)14(10-11)21-15(20)19-13-6-4-12(18)5-7-13/h4-7,11,14H,8-10H2,1-3H3,(H,19,20)/t11-,14-,17-/m1/s1. The van der Waals surface area contributed by atoms with E-state index >= 15 is 0 Å². The van der Waals surface area contributed by atoms with Crippen molar-refractivity contribution in [3.8, 4) is 0 Å². The highest BCUT2D eigenvalue weighted by Crippen LogP contribution is 2.66. The minimum Gasteiger partial charge on any atom is -0.445 e. The molecule has 1 aromatic carbocycles. The normalized spacial score (nSPS) is 33.0. The van der Waals surface area contributed by atoms with Crippen LogP contribution in [-0.2, 0) is 4.74 Å². The number of rotatable bonds is 2. The van der Waals surface area contributed by atoms with E-state index in [1.165, 1.54) is 6.42 Å². The van der Waals surface area contributed by atoms with Crippen LogP contribution in [0.4, 0.5) is 10.5 Å². The van der Waals surface area contributed by atoms with Crippen molar-refractivity contribution in [2.24, 2.45) is 16.7 Å². The third-order valence-corrected chi connectivity index (χ3v) is 6.31. The van der Waals surface area contributed by atoms with E-state index in [0.29, 0.717) is 16.6 Å². The summed E-state index contributed by atoms with van der Waals surface area (Å²) in [5, 5.41) is 3.43. The number of fused-ring (bicyclic) bond motifs is 2. The molecule has 3 atom stereocenters. The molecule has 2 bridgehead atoms. The Morgan fingerprint density at radius 3 is 2.48 bits per heavy atom. The van der Waals surface area contributed by atoms with E-state index in [4.69, 9.17) is 16.3 Å². The maximum Gasteiger partial charge on any atom is 0.411 e. The van der Waals surface area contributed by atoms with Crippen LogP contribution in [0.3, 0.4) is 0 Å². The fourth-order valence-corrected chi connectivity index (χ4v) is 4.24. The number of hydrogen-bond acceptors (Lipinski definition) is 2. The van der Waals surface area contributed by atoms with Gasteiger partial charge in [0.25, 0.3) is 0 Å². The van der Waals surface area contributed by atoms with Crippen molar-refractivity contribution in [3.05, 3.63) is 29.3 Å². The molecule has 2 saturated carbocycles. The van der Waals surface area contributed by atoms with Gasteiger partial charge in [0.2, 0.25) is 0 Å². The van der Waals surface area contributed by atoms with Crippen LogP contribution in [0.2, 0.25) is 5.02 Å². The first-order valence-electron chi connectivity index (χ1n) is 7.56. The largest absolute Gasteiger partial charge is 0.445 e. The highest BCUT2D eigenvalue weighted by atomic mass is 35.5. The van der Waals surface area contributed by atoms with Crippen LogP contribution in [0.1, 0.15) is 40.0 Å². The number of amides is 1. The van der Waals surface area contributed by atoms with Gasteiger partial charge in [0.15, 0.2) is 0 Å². The SMILES string of the molecule is CC1(C)[C@@H]2CC[C@]1(C)[C@H](OC(=O)Nc1ccc(Cl)cc1)C2. The molecule has 3 rings (SSSR count). The zero-order valence-corrected chi connectivity index (χ0v) is 13.5. The van der Waals surface area contributed by atoms with E-state index in [1.54, 1.807) is 24.3 Å². The molecule has 0 unspecified atom stereocenters. The molecule has 2 aliphatic carbocycles. The number of halogens is 1. The highest BCUT2D eigenvalue weighted by Gasteiger charge is 2.62. The topological polar surface area (TPSA) is 38.3 Å². The minimum absolute atomic E-state index is 0.0125. The minimum atomic E-state index is -0.369. The van der Waals surface area contributed by atoms with Crippen molar-refractivity contribution in [2.75, 3.05) is 5.32 Å². The lowest BCUT2D eigenvalue weighted by molar-refractivity contribution is 0.00148. The van der Waals surface area contributed by atoms with Crippen molar-refractivity contribution < 1.29 is 9.53 Å². The smallest absolute Gasteiger partial charge is 0.411 e. The van der Waals surface area contributed by atoms with Crippen LogP contribution < -0.4 is 5.32 Å². The first kappa shape index (κ1) is 14.7. The number of benzene rings is 1. The molecular formula is C17H22ClNO2. The summed E-state index contributed by atoms with van der Waals surface area (Å²) in [6.07, 6.45) is 3.02. The summed E-state index contributed by atoms with van der Waals surface area (Å²) in [6, 6.07) is 7.05. The van der Waals surface area contributed by atoms with E-state index in [0.717, 1.165) is 12.8 Å². The molecule has 1 amide bonds. The Hall–Kier alpha value is -1.22. The molecule has 0 spiro atoms. The summed E-state index contributed by atoms with van der Waals surface area (Å²) < 4.78 is 5.74. The first-order chi connectivity index (χ1) is 9.83. The van der Waals surface area contributed by atoms with Crippen molar-refractivity contribution >= 4 is 23.4 Å². The molecular weight excluding hydrogens is 286 g/mol. The summed E-state index contributed by atoms with van der Waals surface area (Å²) in [4.78, 5) is 12.1. The molecule has 3 nitrogen and oxygen atoms in total. The maximum absolute atomic E-state index is 12.1. The third-order valence-electron chi connectivity index (χ3n) is 6.05. The molecule has 0 heterocycles. The van der Waals surface area contributed by atoms with Gasteiger partial charge in [0.1, 0.15) is 6.10 Å². The van der Waals surface area contributed by atoms with Gasteiger partial charge < -0.3 is 4.74 Å². The first-order valence-corrected chi connectivity index (χ1v) is 7.94. The molecule has 0 saturated heterocycles. The Kier molecular flexibility index (Phi) is 3.44. The van der Waals surface area contributed by atoms with Crippen LogP contribution in [0, 0.1) is 16.7 Å². The molecule has 0 aromatic heterocycles. The molecule has 0 aliphatic heterocycles. The number of nitrogens with one attached hydrogen (secondary N) is 1. The van der Waals surface area contributed by atoms with Gasteiger partial charge in [-0.05, 0) is 54.9 Å². The Morgan fingerprint density at radius 1 is 1.29 bits per heavy atom. The van der Waals surface area contributed by atoms with Crippen molar-refractivity contribution in [1.82, 2.24) is 0 Å². The van der Waals surface area contributed by atoms with E-state index in [-0.39, 0.29) is 23.0 Å². The van der Waals surface area contributed by atoms with Crippen LogP contribution in [-0.4, -0.2) is 12.2 Å². The monoisotopic (exact) mass is 307 g/mol. The van der Waals surface area contributed by atoms with Crippen molar-refractivity contribution in [1.29, 1.82) is 0 Å². The number of carbonyl (C=O) groups excluding carboxylic acids is 1. The molecule has 2 aliphatic rings. The average Bonchev–Trinajstić information content (AvgIpc) is 2.74. The van der Waals surface area contributed by atoms with Gasteiger partial charge in [-0.3, -0.25) is 5.32 Å².